The first-order valence-electron chi connectivity index (χ1n) is 10.5. The lowest BCUT2D eigenvalue weighted by atomic mass is 9.91. The van der Waals surface area contributed by atoms with E-state index in [0.29, 0.717) is 12.1 Å². The number of carbonyl (C=O) groups is 1. The van der Waals surface area contributed by atoms with Gasteiger partial charge in [-0.15, -0.1) is 11.3 Å². The van der Waals surface area contributed by atoms with Crippen molar-refractivity contribution in [2.24, 2.45) is 0 Å². The Labute approximate surface area is 173 Å². The summed E-state index contributed by atoms with van der Waals surface area (Å²) < 4.78 is 1.13. The number of anilines is 2. The number of carbonyl (C=O) groups excluding carboxylic acids is 1. The van der Waals surface area contributed by atoms with Gasteiger partial charge in [-0.3, -0.25) is 9.69 Å². The Hall–Kier alpha value is -2.38. The number of piperazine rings is 1. The van der Waals surface area contributed by atoms with E-state index >= 15 is 0 Å². The topological polar surface area (TPSA) is 60.5 Å². The summed E-state index contributed by atoms with van der Waals surface area (Å²) in [5, 5.41) is 8.82. The molecule has 2 aromatic heterocycles. The van der Waals surface area contributed by atoms with Gasteiger partial charge in [0, 0.05) is 53.2 Å². The molecule has 2 bridgehead atoms. The van der Waals surface area contributed by atoms with E-state index in [9.17, 15) is 4.79 Å². The van der Waals surface area contributed by atoms with Crippen molar-refractivity contribution >= 4 is 49.7 Å². The number of nitrogens with zero attached hydrogens (tertiary/aromatic N) is 3. The molecule has 0 spiro atoms. The van der Waals surface area contributed by atoms with Gasteiger partial charge in [0.1, 0.15) is 10.7 Å². The number of benzene rings is 1. The number of nitrogens with one attached hydrogen (secondary N) is 2. The number of pyridine rings is 1. The lowest BCUT2D eigenvalue weighted by molar-refractivity contribution is 0.0949. The molecule has 6 heterocycles. The lowest BCUT2D eigenvalue weighted by Crippen LogP contribution is -2.61. The Kier molecular flexibility index (Phi) is 3.80. The molecule has 4 aliphatic rings. The average Bonchev–Trinajstić information content (AvgIpc) is 3.05. The highest BCUT2D eigenvalue weighted by Crippen LogP contribution is 2.41. The van der Waals surface area contributed by atoms with Crippen LogP contribution in [0.3, 0.4) is 0 Å². The number of likely N-dealkylation sites (N-methyl/N-ethyl adjacent to an activating group) is 1. The Balaban J connectivity index is 1.46. The van der Waals surface area contributed by atoms with Gasteiger partial charge in [0.05, 0.1) is 11.2 Å². The van der Waals surface area contributed by atoms with Gasteiger partial charge in [0.25, 0.3) is 5.91 Å². The highest BCUT2D eigenvalue weighted by molar-refractivity contribution is 7.21. The molecule has 29 heavy (non-hydrogen) atoms. The van der Waals surface area contributed by atoms with Gasteiger partial charge in [-0.05, 0) is 51.1 Å². The Morgan fingerprint density at radius 3 is 2.79 bits per heavy atom. The third kappa shape index (κ3) is 2.64. The maximum Gasteiger partial charge on any atom is 0.263 e. The Morgan fingerprint density at radius 1 is 1.14 bits per heavy atom. The van der Waals surface area contributed by atoms with Crippen LogP contribution in [-0.4, -0.2) is 60.6 Å². The molecular weight excluding hydrogens is 382 g/mol. The number of amides is 1. The van der Waals surface area contributed by atoms with Gasteiger partial charge in [0.15, 0.2) is 0 Å². The molecular formula is C22H25N5OS. The van der Waals surface area contributed by atoms with Crippen LogP contribution in [0.15, 0.2) is 24.3 Å². The summed E-state index contributed by atoms with van der Waals surface area (Å²) in [4.78, 5) is 23.4. The molecule has 0 aliphatic carbocycles. The molecule has 1 amide bonds. The summed E-state index contributed by atoms with van der Waals surface area (Å²) in [7, 11) is 2.24. The third-order valence-corrected chi connectivity index (χ3v) is 7.93. The van der Waals surface area contributed by atoms with Crippen LogP contribution in [0.5, 0.6) is 0 Å². The zero-order chi connectivity index (χ0) is 19.7. The van der Waals surface area contributed by atoms with E-state index in [2.05, 4.69) is 51.7 Å². The van der Waals surface area contributed by atoms with Crippen LogP contribution >= 0.6 is 11.3 Å². The predicted molar refractivity (Wildman–Crippen MR) is 119 cm³/mol. The van der Waals surface area contributed by atoms with Crippen LogP contribution in [0.4, 0.5) is 11.5 Å². The molecule has 3 saturated heterocycles. The van der Waals surface area contributed by atoms with Gasteiger partial charge in [-0.1, -0.05) is 0 Å². The third-order valence-electron chi connectivity index (χ3n) is 6.77. The number of hydrogen-bond acceptors (Lipinski definition) is 6. The molecule has 7 heteroatoms. The van der Waals surface area contributed by atoms with E-state index in [1.165, 1.54) is 12.8 Å². The minimum Gasteiger partial charge on any atom is -0.381 e. The maximum absolute atomic E-state index is 12.6. The van der Waals surface area contributed by atoms with Crippen LogP contribution in [-0.2, 0) is 0 Å². The van der Waals surface area contributed by atoms with E-state index in [0.717, 1.165) is 57.0 Å². The fraction of sp³-hybridized carbons (Fsp3) is 0.455. The van der Waals surface area contributed by atoms with Crippen molar-refractivity contribution in [1.29, 1.82) is 0 Å². The summed E-state index contributed by atoms with van der Waals surface area (Å²) in [6.07, 6.45) is 2.54. The summed E-state index contributed by atoms with van der Waals surface area (Å²) in [6, 6.07) is 9.90. The highest BCUT2D eigenvalue weighted by Gasteiger charge is 2.37. The largest absolute Gasteiger partial charge is 0.381 e. The molecule has 0 radical (unpaired) electrons. The quantitative estimate of drug-likeness (QED) is 0.648. The summed E-state index contributed by atoms with van der Waals surface area (Å²) in [5.41, 5.74) is 1.97. The zero-order valence-electron chi connectivity index (χ0n) is 16.7. The number of thiophene rings is 1. The van der Waals surface area contributed by atoms with Gasteiger partial charge >= 0.3 is 0 Å². The average molecular weight is 408 g/mol. The summed E-state index contributed by atoms with van der Waals surface area (Å²) >= 11 is 1.56. The molecule has 0 saturated carbocycles. The minimum absolute atomic E-state index is 0.0184. The monoisotopic (exact) mass is 407 g/mol. The van der Waals surface area contributed by atoms with Crippen LogP contribution in [0, 0.1) is 0 Å². The van der Waals surface area contributed by atoms with E-state index in [1.54, 1.807) is 11.3 Å². The van der Waals surface area contributed by atoms with E-state index in [-0.39, 0.29) is 11.9 Å². The van der Waals surface area contributed by atoms with Crippen molar-refractivity contribution in [3.63, 3.8) is 0 Å². The molecule has 4 aliphatic heterocycles. The molecule has 1 aromatic carbocycles. The number of aromatic nitrogens is 1. The first-order valence-corrected chi connectivity index (χ1v) is 11.3. The van der Waals surface area contributed by atoms with E-state index in [1.807, 2.05) is 6.92 Å². The SMILES string of the molecule is C[C@@H]1CNc2c(sc3ccc4nc(N5C[C@H]6CC[C@@H]5CN6C)ccc4c23)C(=O)N1. The van der Waals surface area contributed by atoms with Crippen molar-refractivity contribution in [3.05, 3.63) is 29.1 Å². The van der Waals surface area contributed by atoms with Crippen molar-refractivity contribution in [3.8, 4) is 0 Å². The van der Waals surface area contributed by atoms with E-state index in [4.69, 9.17) is 4.98 Å². The number of hydrogen-bond donors (Lipinski definition) is 2. The van der Waals surface area contributed by atoms with Gasteiger partial charge in [-0.2, -0.15) is 0 Å². The van der Waals surface area contributed by atoms with Crippen LogP contribution in [0.2, 0.25) is 0 Å². The van der Waals surface area contributed by atoms with Crippen molar-refractivity contribution in [2.45, 2.75) is 37.9 Å². The first kappa shape index (κ1) is 17.5. The molecule has 7 rings (SSSR count). The molecule has 0 unspecified atom stereocenters. The maximum atomic E-state index is 12.6. The number of piperidine rings is 2. The van der Waals surface area contributed by atoms with Crippen molar-refractivity contribution < 1.29 is 4.79 Å². The second kappa shape index (κ2) is 6.31. The second-order valence-corrected chi connectivity index (χ2v) is 9.77. The van der Waals surface area contributed by atoms with Crippen molar-refractivity contribution in [1.82, 2.24) is 15.2 Å². The zero-order valence-corrected chi connectivity index (χ0v) is 17.6. The fourth-order valence-corrected chi connectivity index (χ4v) is 6.29. The standard InChI is InChI=1S/C22H25N5OS/c1-12-9-23-20-19-15-5-8-18(27-11-13-3-4-14(27)10-26(13)2)25-16(15)6-7-17(19)29-21(20)22(28)24-12/h5-8,12-14,23H,3-4,9-11H2,1-2H3,(H,24,28)/t12-,13-,14-/m1/s1. The molecule has 150 valence electrons. The number of rotatable bonds is 1. The first-order chi connectivity index (χ1) is 14.1. The molecule has 6 nitrogen and oxygen atoms in total. The minimum atomic E-state index is 0.0184. The van der Waals surface area contributed by atoms with Crippen LogP contribution in [0.25, 0.3) is 21.0 Å². The predicted octanol–water partition coefficient (Wildman–Crippen LogP) is 3.28. The smallest absolute Gasteiger partial charge is 0.263 e. The summed E-state index contributed by atoms with van der Waals surface area (Å²) in [6.45, 7) is 4.95. The van der Waals surface area contributed by atoms with Gasteiger partial charge in [-0.25, -0.2) is 4.98 Å². The van der Waals surface area contributed by atoms with E-state index < -0.39 is 0 Å². The highest BCUT2D eigenvalue weighted by atomic mass is 32.1. The van der Waals surface area contributed by atoms with Crippen molar-refractivity contribution in [2.75, 3.05) is 36.9 Å². The van der Waals surface area contributed by atoms with Gasteiger partial charge < -0.3 is 15.5 Å². The molecule has 3 atom stereocenters. The molecule has 2 N–H and O–H groups in total. The Bertz CT molecular complexity index is 1140. The number of fused-ring (bicyclic) bond motifs is 8. The van der Waals surface area contributed by atoms with Gasteiger partial charge in [0.2, 0.25) is 0 Å². The molecule has 3 fully saturated rings. The Morgan fingerprint density at radius 2 is 2.00 bits per heavy atom. The summed E-state index contributed by atoms with van der Waals surface area (Å²) in [5.74, 6) is 1.10. The fourth-order valence-electron chi connectivity index (χ4n) is 5.19. The normalized spacial score (nSPS) is 27.0. The van der Waals surface area contributed by atoms with Crippen LogP contribution < -0.4 is 15.5 Å². The lowest BCUT2D eigenvalue weighted by Gasteiger charge is -2.50. The van der Waals surface area contributed by atoms with Crippen LogP contribution in [0.1, 0.15) is 29.4 Å². The second-order valence-electron chi connectivity index (χ2n) is 8.71. The molecule has 3 aromatic rings.